The molecule has 1 amide bonds. The van der Waals surface area contributed by atoms with Crippen molar-refractivity contribution >= 4 is 22.6 Å². The molecule has 0 bridgehead atoms. The topological polar surface area (TPSA) is 72.9 Å². The summed E-state index contributed by atoms with van der Waals surface area (Å²) in [5, 5.41) is 3.04. The Bertz CT molecular complexity index is 682. The van der Waals surface area contributed by atoms with E-state index in [1.165, 1.54) is 12.8 Å². The van der Waals surface area contributed by atoms with Gasteiger partial charge in [0.05, 0.1) is 11.0 Å². The van der Waals surface area contributed by atoms with E-state index in [2.05, 4.69) is 14.9 Å². The van der Waals surface area contributed by atoms with E-state index in [-0.39, 0.29) is 5.91 Å². The van der Waals surface area contributed by atoms with Gasteiger partial charge in [-0.25, -0.2) is 4.98 Å². The molecule has 0 spiro atoms. The van der Waals surface area contributed by atoms with Crippen LogP contribution in [0, 0.1) is 0 Å². The summed E-state index contributed by atoms with van der Waals surface area (Å²) in [7, 11) is 0. The second-order valence-corrected chi connectivity index (χ2v) is 5.92. The first-order valence-electron chi connectivity index (χ1n) is 7.26. The number of carbonyl (C=O) groups excluding carboxylic acids is 1. The maximum absolute atomic E-state index is 12.1. The van der Waals surface area contributed by atoms with Crippen LogP contribution in [0.4, 0.5) is 5.69 Å². The van der Waals surface area contributed by atoms with Crippen molar-refractivity contribution in [2.75, 3.05) is 5.73 Å². The summed E-state index contributed by atoms with van der Waals surface area (Å²) in [6.45, 7) is 0.364. The van der Waals surface area contributed by atoms with Gasteiger partial charge in [0.25, 0.3) is 0 Å². The summed E-state index contributed by atoms with van der Waals surface area (Å²) >= 11 is 0. The van der Waals surface area contributed by atoms with Crippen LogP contribution >= 0.6 is 0 Å². The summed E-state index contributed by atoms with van der Waals surface area (Å²) in [5.74, 6) is 1.64. The maximum atomic E-state index is 12.1. The molecule has 104 valence electrons. The largest absolute Gasteiger partial charge is 0.399 e. The number of nitrogens with two attached hydrogens (primary N) is 1. The SMILES string of the molecule is Nc1ccc2c(c1)nc(C1CC1)n2CC(=O)NC1CC1. The predicted octanol–water partition coefficient (Wildman–Crippen LogP) is 1.77. The van der Waals surface area contributed by atoms with Gasteiger partial charge < -0.3 is 15.6 Å². The first-order valence-corrected chi connectivity index (χ1v) is 7.26. The van der Waals surface area contributed by atoms with E-state index in [0.717, 1.165) is 29.7 Å². The summed E-state index contributed by atoms with van der Waals surface area (Å²) in [5.41, 5.74) is 8.44. The lowest BCUT2D eigenvalue weighted by molar-refractivity contribution is -0.121. The van der Waals surface area contributed by atoms with Gasteiger partial charge in [-0.2, -0.15) is 0 Å². The van der Waals surface area contributed by atoms with Crippen molar-refractivity contribution in [3.05, 3.63) is 24.0 Å². The van der Waals surface area contributed by atoms with E-state index in [1.54, 1.807) is 0 Å². The molecule has 2 aliphatic carbocycles. The first kappa shape index (κ1) is 11.8. The monoisotopic (exact) mass is 270 g/mol. The van der Waals surface area contributed by atoms with E-state index >= 15 is 0 Å². The first-order chi connectivity index (χ1) is 9.70. The van der Waals surface area contributed by atoms with Crippen LogP contribution in [0.1, 0.15) is 37.4 Å². The molecule has 5 nitrogen and oxygen atoms in total. The number of imidazole rings is 1. The average Bonchev–Trinajstić information content (AvgIpc) is 3.29. The number of aromatic nitrogens is 2. The number of hydrogen-bond donors (Lipinski definition) is 2. The zero-order valence-corrected chi connectivity index (χ0v) is 11.3. The minimum atomic E-state index is 0.0884. The minimum Gasteiger partial charge on any atom is -0.399 e. The standard InChI is InChI=1S/C15H18N4O/c16-10-3-6-13-12(7-10)18-15(9-1-2-9)19(13)8-14(20)17-11-4-5-11/h3,6-7,9,11H,1-2,4-5,8,16H2,(H,17,20). The van der Waals surface area contributed by atoms with Crippen LogP contribution in [0.3, 0.4) is 0 Å². The highest BCUT2D eigenvalue weighted by Gasteiger charge is 2.31. The number of fused-ring (bicyclic) bond motifs is 1. The van der Waals surface area contributed by atoms with Gasteiger partial charge in [0.15, 0.2) is 0 Å². The summed E-state index contributed by atoms with van der Waals surface area (Å²) in [6.07, 6.45) is 4.57. The number of nitrogens with one attached hydrogen (secondary N) is 1. The molecule has 0 atom stereocenters. The molecule has 1 aromatic carbocycles. The van der Waals surface area contributed by atoms with Gasteiger partial charge in [0.2, 0.25) is 5.91 Å². The van der Waals surface area contributed by atoms with Gasteiger partial charge in [-0.1, -0.05) is 0 Å². The van der Waals surface area contributed by atoms with Crippen LogP contribution in [-0.2, 0) is 11.3 Å². The number of nitrogens with zero attached hydrogens (tertiary/aromatic N) is 2. The molecule has 3 N–H and O–H groups in total. The predicted molar refractivity (Wildman–Crippen MR) is 77.3 cm³/mol. The van der Waals surface area contributed by atoms with Crippen molar-refractivity contribution in [1.29, 1.82) is 0 Å². The Morgan fingerprint density at radius 2 is 2.15 bits per heavy atom. The fraction of sp³-hybridized carbons (Fsp3) is 0.467. The lowest BCUT2D eigenvalue weighted by Crippen LogP contribution is -2.29. The fourth-order valence-electron chi connectivity index (χ4n) is 2.63. The van der Waals surface area contributed by atoms with Crippen molar-refractivity contribution in [2.45, 2.75) is 44.2 Å². The summed E-state index contributed by atoms with van der Waals surface area (Å²) < 4.78 is 2.06. The number of rotatable bonds is 4. The van der Waals surface area contributed by atoms with Crippen LogP contribution in [0.15, 0.2) is 18.2 Å². The Hall–Kier alpha value is -2.04. The number of amides is 1. The van der Waals surface area contributed by atoms with Gasteiger partial charge in [0, 0.05) is 17.6 Å². The molecule has 2 aliphatic rings. The molecular formula is C15H18N4O. The van der Waals surface area contributed by atoms with E-state index in [0.29, 0.717) is 24.2 Å². The Morgan fingerprint density at radius 3 is 2.85 bits per heavy atom. The van der Waals surface area contributed by atoms with Gasteiger partial charge in [0.1, 0.15) is 12.4 Å². The molecule has 2 saturated carbocycles. The molecule has 4 rings (SSSR count). The summed E-state index contributed by atoms with van der Waals surface area (Å²) in [4.78, 5) is 16.8. The third-order valence-corrected chi connectivity index (χ3v) is 3.99. The second kappa shape index (κ2) is 4.23. The zero-order valence-electron chi connectivity index (χ0n) is 11.3. The zero-order chi connectivity index (χ0) is 13.7. The molecule has 2 aromatic rings. The Labute approximate surface area is 117 Å². The highest BCUT2D eigenvalue weighted by molar-refractivity contribution is 5.83. The molecular weight excluding hydrogens is 252 g/mol. The van der Waals surface area contributed by atoms with E-state index in [4.69, 9.17) is 5.73 Å². The van der Waals surface area contributed by atoms with Crippen LogP contribution in [0.2, 0.25) is 0 Å². The van der Waals surface area contributed by atoms with Crippen molar-refractivity contribution in [3.8, 4) is 0 Å². The molecule has 20 heavy (non-hydrogen) atoms. The third-order valence-electron chi connectivity index (χ3n) is 3.99. The highest BCUT2D eigenvalue weighted by atomic mass is 16.2. The van der Waals surface area contributed by atoms with Crippen molar-refractivity contribution < 1.29 is 4.79 Å². The number of benzene rings is 1. The molecule has 5 heteroatoms. The van der Waals surface area contributed by atoms with E-state index in [9.17, 15) is 4.79 Å². The highest BCUT2D eigenvalue weighted by Crippen LogP contribution is 2.40. The van der Waals surface area contributed by atoms with E-state index in [1.807, 2.05) is 18.2 Å². The molecule has 0 radical (unpaired) electrons. The maximum Gasteiger partial charge on any atom is 0.240 e. The van der Waals surface area contributed by atoms with Crippen LogP contribution < -0.4 is 11.1 Å². The Morgan fingerprint density at radius 1 is 1.35 bits per heavy atom. The summed E-state index contributed by atoms with van der Waals surface area (Å²) in [6, 6.07) is 6.12. The van der Waals surface area contributed by atoms with Crippen molar-refractivity contribution in [1.82, 2.24) is 14.9 Å². The van der Waals surface area contributed by atoms with Crippen LogP contribution in [-0.4, -0.2) is 21.5 Å². The molecule has 1 heterocycles. The smallest absolute Gasteiger partial charge is 0.240 e. The van der Waals surface area contributed by atoms with Gasteiger partial charge in [-0.15, -0.1) is 0 Å². The number of nitrogen functional groups attached to an aromatic ring is 1. The van der Waals surface area contributed by atoms with Gasteiger partial charge in [-0.3, -0.25) is 4.79 Å². The average molecular weight is 270 g/mol. The van der Waals surface area contributed by atoms with Gasteiger partial charge in [-0.05, 0) is 43.9 Å². The fourth-order valence-corrected chi connectivity index (χ4v) is 2.63. The minimum absolute atomic E-state index is 0.0884. The van der Waals surface area contributed by atoms with Crippen LogP contribution in [0.5, 0.6) is 0 Å². The molecule has 2 fully saturated rings. The lowest BCUT2D eigenvalue weighted by Gasteiger charge is -2.09. The van der Waals surface area contributed by atoms with Crippen LogP contribution in [0.25, 0.3) is 11.0 Å². The molecule has 0 aliphatic heterocycles. The van der Waals surface area contributed by atoms with Gasteiger partial charge >= 0.3 is 0 Å². The number of anilines is 1. The second-order valence-electron chi connectivity index (χ2n) is 5.92. The molecule has 0 unspecified atom stereocenters. The Kier molecular flexibility index (Phi) is 2.49. The third kappa shape index (κ3) is 2.13. The van der Waals surface area contributed by atoms with Crippen molar-refractivity contribution in [3.63, 3.8) is 0 Å². The van der Waals surface area contributed by atoms with E-state index < -0.39 is 0 Å². The normalized spacial score (nSPS) is 18.4. The molecule has 1 aromatic heterocycles. The molecule has 0 saturated heterocycles. The quantitative estimate of drug-likeness (QED) is 0.832. The number of hydrogen-bond acceptors (Lipinski definition) is 3. The Balaban J connectivity index is 1.70. The van der Waals surface area contributed by atoms with Crippen molar-refractivity contribution in [2.24, 2.45) is 0 Å². The lowest BCUT2D eigenvalue weighted by atomic mass is 10.3. The number of carbonyl (C=O) groups is 1.